The molecule has 0 aliphatic carbocycles. The first kappa shape index (κ1) is 15.6. The topological polar surface area (TPSA) is 12.0 Å². The number of hydrogen-bond acceptors (Lipinski definition) is 2. The van der Waals surface area contributed by atoms with Crippen molar-refractivity contribution in [3.05, 3.63) is 53.7 Å². The molecule has 5 heteroatoms. The zero-order valence-electron chi connectivity index (χ0n) is 10.4. The van der Waals surface area contributed by atoms with Crippen LogP contribution in [0, 0.1) is 2.88 Å². The zero-order chi connectivity index (χ0) is 13.8. The fourth-order valence-corrected chi connectivity index (χ4v) is 3.82. The van der Waals surface area contributed by atoms with Gasteiger partial charge in [0.1, 0.15) is 0 Å². The van der Waals surface area contributed by atoms with Crippen LogP contribution in [0.2, 0.25) is 10.0 Å². The molecule has 0 saturated carbocycles. The molecule has 1 unspecified atom stereocenters. The Balaban J connectivity index is 2.36. The molecule has 0 spiro atoms. The Hall–Kier alpha value is 0.190. The Labute approximate surface area is 141 Å². The summed E-state index contributed by atoms with van der Waals surface area (Å²) in [5.41, 5.74) is 2.33. The van der Waals surface area contributed by atoms with E-state index in [0.717, 1.165) is 18.5 Å². The summed E-state index contributed by atoms with van der Waals surface area (Å²) in [4.78, 5) is 0. The number of hydrogen-bond donors (Lipinski definition) is 1. The molecule has 0 amide bonds. The molecule has 1 atom stereocenters. The minimum atomic E-state index is 0.129. The van der Waals surface area contributed by atoms with Crippen molar-refractivity contribution in [1.29, 1.82) is 0 Å². The van der Waals surface area contributed by atoms with Crippen LogP contribution in [-0.4, -0.2) is 6.54 Å². The van der Waals surface area contributed by atoms with E-state index in [9.17, 15) is 0 Å². The van der Waals surface area contributed by atoms with Gasteiger partial charge in [0, 0.05) is 10.0 Å². The highest BCUT2D eigenvalue weighted by Crippen LogP contribution is 2.32. The third-order valence-electron chi connectivity index (χ3n) is 2.79. The molecule has 2 rings (SSSR count). The molecule has 1 nitrogen and oxygen atoms in total. The van der Waals surface area contributed by atoms with Crippen molar-refractivity contribution in [2.75, 3.05) is 6.54 Å². The molecule has 0 aliphatic heterocycles. The van der Waals surface area contributed by atoms with E-state index >= 15 is 0 Å². The first-order chi connectivity index (χ1) is 9.11. The molecule has 102 valence electrons. The smallest absolute Gasteiger partial charge is 0.0656 e. The Morgan fingerprint density at radius 2 is 2.11 bits per heavy atom. The number of nitrogens with one attached hydrogen (secondary N) is 1. The minimum Gasteiger partial charge on any atom is -0.306 e. The lowest BCUT2D eigenvalue weighted by molar-refractivity contribution is 0.600. The van der Waals surface area contributed by atoms with Gasteiger partial charge in [-0.05, 0) is 70.3 Å². The van der Waals surface area contributed by atoms with Gasteiger partial charge in [0.05, 0.1) is 8.93 Å². The third-order valence-corrected chi connectivity index (χ3v) is 5.16. The molecule has 0 fully saturated rings. The van der Waals surface area contributed by atoms with Crippen LogP contribution in [0.1, 0.15) is 30.5 Å². The average molecular weight is 426 g/mol. The minimum absolute atomic E-state index is 0.129. The monoisotopic (exact) mass is 425 g/mol. The van der Waals surface area contributed by atoms with Crippen LogP contribution >= 0.6 is 57.1 Å². The summed E-state index contributed by atoms with van der Waals surface area (Å²) in [6.45, 7) is 3.11. The van der Waals surface area contributed by atoms with Gasteiger partial charge in [-0.3, -0.25) is 0 Å². The van der Waals surface area contributed by atoms with Crippen molar-refractivity contribution in [3.63, 3.8) is 0 Å². The highest BCUT2D eigenvalue weighted by molar-refractivity contribution is 14.1. The normalized spacial score (nSPS) is 12.6. The lowest BCUT2D eigenvalue weighted by Crippen LogP contribution is -2.23. The third kappa shape index (κ3) is 4.08. The second kappa shape index (κ2) is 7.27. The van der Waals surface area contributed by atoms with Crippen LogP contribution in [-0.2, 0) is 0 Å². The lowest BCUT2D eigenvalue weighted by atomic mass is 10.0. The molecule has 0 saturated heterocycles. The molecule has 1 heterocycles. The van der Waals surface area contributed by atoms with Crippen LogP contribution in [0.4, 0.5) is 0 Å². The van der Waals surface area contributed by atoms with Gasteiger partial charge in [0.15, 0.2) is 0 Å². The predicted molar refractivity (Wildman–Crippen MR) is 93.6 cm³/mol. The summed E-state index contributed by atoms with van der Waals surface area (Å²) in [6.07, 6.45) is 1.09. The van der Waals surface area contributed by atoms with Gasteiger partial charge in [-0.2, -0.15) is 0 Å². The van der Waals surface area contributed by atoms with E-state index < -0.39 is 0 Å². The molecule has 1 aromatic carbocycles. The van der Waals surface area contributed by atoms with Gasteiger partial charge in [0.25, 0.3) is 0 Å². The van der Waals surface area contributed by atoms with Crippen LogP contribution in [0.5, 0.6) is 0 Å². The maximum atomic E-state index is 6.34. The van der Waals surface area contributed by atoms with Crippen LogP contribution in [0.3, 0.4) is 0 Å². The van der Waals surface area contributed by atoms with E-state index in [0.29, 0.717) is 10.0 Å². The van der Waals surface area contributed by atoms with E-state index in [2.05, 4.69) is 46.3 Å². The molecule has 2 aromatic rings. The summed E-state index contributed by atoms with van der Waals surface area (Å²) in [6, 6.07) is 8.02. The lowest BCUT2D eigenvalue weighted by Gasteiger charge is -2.19. The van der Waals surface area contributed by atoms with Crippen LogP contribution in [0.25, 0.3) is 0 Å². The molecule has 1 aromatic heterocycles. The maximum Gasteiger partial charge on any atom is 0.0656 e. The van der Waals surface area contributed by atoms with Gasteiger partial charge in [-0.25, -0.2) is 0 Å². The Kier molecular flexibility index (Phi) is 5.96. The number of rotatable bonds is 5. The molecule has 0 radical (unpaired) electrons. The first-order valence-electron chi connectivity index (χ1n) is 6.04. The van der Waals surface area contributed by atoms with Crippen molar-refractivity contribution in [1.82, 2.24) is 5.32 Å². The summed E-state index contributed by atoms with van der Waals surface area (Å²) < 4.78 is 1.28. The van der Waals surface area contributed by atoms with E-state index in [-0.39, 0.29) is 6.04 Å². The van der Waals surface area contributed by atoms with Gasteiger partial charge in [-0.15, -0.1) is 11.3 Å². The molecule has 1 N–H and O–H groups in total. The largest absolute Gasteiger partial charge is 0.306 e. The van der Waals surface area contributed by atoms with Crippen molar-refractivity contribution in [3.8, 4) is 0 Å². The zero-order valence-corrected chi connectivity index (χ0v) is 14.9. The van der Waals surface area contributed by atoms with Gasteiger partial charge >= 0.3 is 0 Å². The fourth-order valence-electron chi connectivity index (χ4n) is 1.91. The molecular weight excluding hydrogens is 412 g/mol. The van der Waals surface area contributed by atoms with E-state index in [4.69, 9.17) is 23.2 Å². The van der Waals surface area contributed by atoms with Crippen LogP contribution < -0.4 is 5.32 Å². The Morgan fingerprint density at radius 3 is 2.68 bits per heavy atom. The predicted octanol–water partition coefficient (Wildman–Crippen LogP) is 5.75. The maximum absolute atomic E-state index is 6.34. The van der Waals surface area contributed by atoms with Gasteiger partial charge in [-0.1, -0.05) is 36.2 Å². The van der Waals surface area contributed by atoms with Crippen molar-refractivity contribution >= 4 is 57.1 Å². The molecule has 19 heavy (non-hydrogen) atoms. The molecule has 0 bridgehead atoms. The van der Waals surface area contributed by atoms with E-state index in [1.807, 2.05) is 12.1 Å². The van der Waals surface area contributed by atoms with E-state index in [1.165, 1.54) is 8.45 Å². The van der Waals surface area contributed by atoms with E-state index in [1.54, 1.807) is 17.4 Å². The average Bonchev–Trinajstić information content (AvgIpc) is 2.78. The highest BCUT2D eigenvalue weighted by Gasteiger charge is 2.17. The Morgan fingerprint density at radius 1 is 1.32 bits per heavy atom. The second-order valence-corrected chi connectivity index (χ2v) is 7.89. The number of benzene rings is 1. The quantitative estimate of drug-likeness (QED) is 0.601. The standard InChI is InChI=1S/C14H14Cl2INS/c1-2-5-18-14(9-6-13(17)19-8-9)11-4-3-10(15)7-12(11)16/h3-4,6-8,14,18H,2,5H2,1H3. The summed E-state index contributed by atoms with van der Waals surface area (Å²) in [5, 5.41) is 7.11. The van der Waals surface area contributed by atoms with Crippen molar-refractivity contribution in [2.24, 2.45) is 0 Å². The fraction of sp³-hybridized carbons (Fsp3) is 0.286. The number of halogens is 3. The number of thiophene rings is 1. The molecular formula is C14H14Cl2INS. The first-order valence-corrected chi connectivity index (χ1v) is 8.75. The highest BCUT2D eigenvalue weighted by atomic mass is 127. The summed E-state index contributed by atoms with van der Waals surface area (Å²) >= 11 is 16.4. The van der Waals surface area contributed by atoms with Crippen molar-refractivity contribution < 1.29 is 0 Å². The van der Waals surface area contributed by atoms with Gasteiger partial charge in [0.2, 0.25) is 0 Å². The SMILES string of the molecule is CCCNC(c1csc(I)c1)c1ccc(Cl)cc1Cl. The Bertz CT molecular complexity index is 556. The van der Waals surface area contributed by atoms with Gasteiger partial charge < -0.3 is 5.32 Å². The van der Waals surface area contributed by atoms with Crippen molar-refractivity contribution in [2.45, 2.75) is 19.4 Å². The van der Waals surface area contributed by atoms with Crippen LogP contribution in [0.15, 0.2) is 29.6 Å². The molecule has 0 aliphatic rings. The summed E-state index contributed by atoms with van der Waals surface area (Å²) in [7, 11) is 0. The second-order valence-electron chi connectivity index (χ2n) is 4.24. The summed E-state index contributed by atoms with van der Waals surface area (Å²) in [5.74, 6) is 0.